The Kier molecular flexibility index (Phi) is 5.22. The lowest BCUT2D eigenvalue weighted by atomic mass is 9.55. The first-order valence-corrected chi connectivity index (χ1v) is 11.0. The van der Waals surface area contributed by atoms with Gasteiger partial charge in [-0.15, -0.1) is 0 Å². The summed E-state index contributed by atoms with van der Waals surface area (Å²) in [6, 6.07) is 5.98. The van der Waals surface area contributed by atoms with E-state index in [1.807, 2.05) is 12.1 Å². The van der Waals surface area contributed by atoms with Crippen LogP contribution in [0.4, 0.5) is 0 Å². The van der Waals surface area contributed by atoms with Crippen molar-refractivity contribution in [3.05, 3.63) is 29.3 Å². The quantitative estimate of drug-likeness (QED) is 0.531. The van der Waals surface area contributed by atoms with E-state index < -0.39 is 0 Å². The number of ether oxygens (including phenoxy) is 1. The maximum absolute atomic E-state index is 12.3. The average molecular weight is 371 g/mol. The van der Waals surface area contributed by atoms with Gasteiger partial charge in [0, 0.05) is 11.8 Å². The van der Waals surface area contributed by atoms with Crippen LogP contribution in [0.1, 0.15) is 88.7 Å². The van der Waals surface area contributed by atoms with Crippen LogP contribution in [0, 0.1) is 17.3 Å². The second-order valence-corrected chi connectivity index (χ2v) is 9.36. The number of aromatic hydroxyl groups is 1. The molecule has 0 bridgehead atoms. The molecule has 5 atom stereocenters. The largest absolute Gasteiger partial charge is 0.508 e. The van der Waals surface area contributed by atoms with Gasteiger partial charge in [-0.05, 0) is 86.0 Å². The zero-order chi connectivity index (χ0) is 19.0. The second-order valence-electron chi connectivity index (χ2n) is 9.36. The molecule has 3 heteroatoms. The Morgan fingerprint density at radius 1 is 1.22 bits per heavy atom. The van der Waals surface area contributed by atoms with Gasteiger partial charge in [0.25, 0.3) is 0 Å². The fourth-order valence-electron chi connectivity index (χ4n) is 6.45. The van der Waals surface area contributed by atoms with Crippen molar-refractivity contribution in [3.8, 4) is 5.75 Å². The minimum absolute atomic E-state index is 0.0157. The minimum atomic E-state index is 0.0157. The normalized spacial score (nSPS) is 34.4. The number of hydrogen-bond acceptors (Lipinski definition) is 3. The van der Waals surface area contributed by atoms with E-state index in [2.05, 4.69) is 19.9 Å². The monoisotopic (exact) mass is 370 g/mol. The Balaban J connectivity index is 1.47. The van der Waals surface area contributed by atoms with Gasteiger partial charge in [0.2, 0.25) is 0 Å². The lowest BCUT2D eigenvalue weighted by Gasteiger charge is -2.50. The van der Waals surface area contributed by atoms with E-state index >= 15 is 0 Å². The summed E-state index contributed by atoms with van der Waals surface area (Å²) in [6.45, 7) is 4.55. The number of fused-ring (bicyclic) bond motifs is 5. The van der Waals surface area contributed by atoms with Crippen LogP contribution in [-0.2, 0) is 16.0 Å². The molecule has 2 fully saturated rings. The molecule has 0 heterocycles. The van der Waals surface area contributed by atoms with Gasteiger partial charge in [0.15, 0.2) is 0 Å². The number of hydrogen-bond donors (Lipinski definition) is 1. The molecule has 0 aliphatic heterocycles. The lowest BCUT2D eigenvalue weighted by molar-refractivity contribution is -0.157. The van der Waals surface area contributed by atoms with Crippen molar-refractivity contribution in [1.82, 2.24) is 0 Å². The minimum Gasteiger partial charge on any atom is -0.508 e. The third kappa shape index (κ3) is 3.39. The lowest BCUT2D eigenvalue weighted by Crippen LogP contribution is -2.45. The van der Waals surface area contributed by atoms with Crippen molar-refractivity contribution in [2.45, 2.75) is 90.1 Å². The van der Waals surface area contributed by atoms with Crippen LogP contribution in [0.25, 0.3) is 0 Å². The van der Waals surface area contributed by atoms with E-state index in [0.717, 1.165) is 38.5 Å². The number of aryl methyl sites for hydroxylation is 1. The summed E-state index contributed by atoms with van der Waals surface area (Å²) in [6.07, 6.45) is 10.7. The molecule has 3 aliphatic carbocycles. The van der Waals surface area contributed by atoms with Crippen LogP contribution >= 0.6 is 0 Å². The van der Waals surface area contributed by atoms with Crippen molar-refractivity contribution >= 4 is 5.97 Å². The van der Waals surface area contributed by atoms with E-state index in [-0.39, 0.29) is 17.5 Å². The molecule has 0 unspecified atom stereocenters. The molecule has 0 amide bonds. The molecule has 0 aromatic heterocycles. The molecule has 3 nitrogen and oxygen atoms in total. The van der Waals surface area contributed by atoms with Gasteiger partial charge in [0.1, 0.15) is 11.9 Å². The fraction of sp³-hybridized carbons (Fsp3) is 0.708. The number of unbranched alkanes of at least 4 members (excludes halogenated alkanes) is 2. The predicted octanol–water partition coefficient (Wildman–Crippen LogP) is 5.74. The van der Waals surface area contributed by atoms with Gasteiger partial charge >= 0.3 is 5.97 Å². The maximum Gasteiger partial charge on any atom is 0.306 e. The maximum atomic E-state index is 12.3. The molecule has 1 aromatic rings. The number of phenols is 1. The highest BCUT2D eigenvalue weighted by Crippen LogP contribution is 2.61. The Morgan fingerprint density at radius 3 is 2.89 bits per heavy atom. The van der Waals surface area contributed by atoms with Gasteiger partial charge in [0.05, 0.1) is 0 Å². The molecule has 1 aromatic carbocycles. The molecule has 0 spiro atoms. The number of carbonyl (C=O) groups excluding carboxylic acids is 1. The van der Waals surface area contributed by atoms with Crippen LogP contribution in [0.2, 0.25) is 0 Å². The first kappa shape index (κ1) is 18.8. The standard InChI is InChI=1S/C24H34O3/c1-3-4-5-6-23(26)27-22-12-11-21-20-9-7-16-15-17(25)8-10-18(16)19(20)13-14-24(21,22)2/h8,10,15,19-22,25H,3-7,9,11-14H2,1-2H3/t19-,20-,21+,22-,24-/m0/s1. The van der Waals surface area contributed by atoms with Crippen molar-refractivity contribution in [2.75, 3.05) is 0 Å². The number of esters is 1. The van der Waals surface area contributed by atoms with Crippen molar-refractivity contribution in [1.29, 1.82) is 0 Å². The van der Waals surface area contributed by atoms with Crippen molar-refractivity contribution < 1.29 is 14.6 Å². The summed E-state index contributed by atoms with van der Waals surface area (Å²) in [5.74, 6) is 2.38. The first-order valence-electron chi connectivity index (χ1n) is 11.0. The SMILES string of the molecule is CCCCCC(=O)O[C@H]1CC[C@@H]2[C@H]3CCc4cc(O)ccc4[C@@H]3CC[C@]12C. The number of carbonyl (C=O) groups is 1. The third-order valence-corrected chi connectivity index (χ3v) is 7.88. The van der Waals surface area contributed by atoms with Gasteiger partial charge in [-0.1, -0.05) is 32.8 Å². The van der Waals surface area contributed by atoms with Gasteiger partial charge in [-0.2, -0.15) is 0 Å². The fourth-order valence-corrected chi connectivity index (χ4v) is 6.45. The van der Waals surface area contributed by atoms with Crippen molar-refractivity contribution in [3.63, 3.8) is 0 Å². The molecule has 4 rings (SSSR count). The highest BCUT2D eigenvalue weighted by atomic mass is 16.5. The molecule has 1 N–H and O–H groups in total. The predicted molar refractivity (Wildman–Crippen MR) is 107 cm³/mol. The van der Waals surface area contributed by atoms with Crippen LogP contribution in [0.3, 0.4) is 0 Å². The Hall–Kier alpha value is -1.51. The summed E-state index contributed by atoms with van der Waals surface area (Å²) in [4.78, 5) is 12.3. The highest BCUT2D eigenvalue weighted by molar-refractivity contribution is 5.69. The van der Waals surface area contributed by atoms with Crippen LogP contribution in [-0.4, -0.2) is 17.2 Å². The molecular weight excluding hydrogens is 336 g/mol. The first-order chi connectivity index (χ1) is 13.0. The van der Waals surface area contributed by atoms with E-state index in [9.17, 15) is 9.90 Å². The number of benzene rings is 1. The summed E-state index contributed by atoms with van der Waals surface area (Å²) in [5.41, 5.74) is 2.96. The topological polar surface area (TPSA) is 46.5 Å². The van der Waals surface area contributed by atoms with Crippen molar-refractivity contribution in [2.24, 2.45) is 17.3 Å². The zero-order valence-corrected chi connectivity index (χ0v) is 16.9. The van der Waals surface area contributed by atoms with Crippen LogP contribution in [0.5, 0.6) is 5.75 Å². The second kappa shape index (κ2) is 7.48. The molecule has 0 saturated heterocycles. The van der Waals surface area contributed by atoms with E-state index in [0.29, 0.717) is 29.9 Å². The summed E-state index contributed by atoms with van der Waals surface area (Å²) in [7, 11) is 0. The van der Waals surface area contributed by atoms with Gasteiger partial charge in [-0.3, -0.25) is 4.79 Å². The van der Waals surface area contributed by atoms with Gasteiger partial charge in [-0.25, -0.2) is 0 Å². The molecule has 27 heavy (non-hydrogen) atoms. The van der Waals surface area contributed by atoms with Crippen LogP contribution < -0.4 is 0 Å². The Bertz CT molecular complexity index is 697. The smallest absolute Gasteiger partial charge is 0.306 e. The van der Waals surface area contributed by atoms with Crippen LogP contribution in [0.15, 0.2) is 18.2 Å². The highest BCUT2D eigenvalue weighted by Gasteiger charge is 2.56. The van der Waals surface area contributed by atoms with E-state index in [1.165, 1.54) is 30.4 Å². The van der Waals surface area contributed by atoms with E-state index in [4.69, 9.17) is 4.74 Å². The van der Waals surface area contributed by atoms with E-state index in [1.54, 1.807) is 0 Å². The summed E-state index contributed by atoms with van der Waals surface area (Å²) in [5, 5.41) is 9.82. The molecular formula is C24H34O3. The summed E-state index contributed by atoms with van der Waals surface area (Å²) < 4.78 is 6.02. The van der Waals surface area contributed by atoms with Gasteiger partial charge < -0.3 is 9.84 Å². The third-order valence-electron chi connectivity index (χ3n) is 7.88. The molecule has 3 aliphatic rings. The number of phenolic OH excluding ortho intramolecular Hbond substituents is 1. The Morgan fingerprint density at radius 2 is 2.07 bits per heavy atom. The average Bonchev–Trinajstić information content (AvgIpc) is 2.98. The number of rotatable bonds is 5. The zero-order valence-electron chi connectivity index (χ0n) is 16.9. The summed E-state index contributed by atoms with van der Waals surface area (Å²) >= 11 is 0. The Labute approximate surface area is 163 Å². The molecule has 2 saturated carbocycles. The molecule has 0 radical (unpaired) electrons. The molecule has 148 valence electrons.